The zero-order chi connectivity index (χ0) is 23.6. The number of ether oxygens (including phenoxy) is 1. The molecule has 178 valence electrons. The first-order valence-corrected chi connectivity index (χ1v) is 11.4. The Labute approximate surface area is 196 Å². The number of piperazine rings is 1. The van der Waals surface area contributed by atoms with Crippen molar-refractivity contribution in [1.29, 1.82) is 0 Å². The van der Waals surface area contributed by atoms with Crippen LogP contribution in [0.4, 0.5) is 24.5 Å². The Morgan fingerprint density at radius 1 is 1.21 bits per heavy atom. The first kappa shape index (κ1) is 23.7. The highest BCUT2D eigenvalue weighted by Crippen LogP contribution is 2.40. The molecule has 2 aliphatic heterocycles. The lowest BCUT2D eigenvalue weighted by molar-refractivity contribution is -0.137. The van der Waals surface area contributed by atoms with E-state index < -0.39 is 17.7 Å². The molecule has 4 rings (SSSR count). The highest BCUT2D eigenvalue weighted by molar-refractivity contribution is 6.30. The summed E-state index contributed by atoms with van der Waals surface area (Å²) in [6, 6.07) is 11.3. The van der Waals surface area contributed by atoms with Gasteiger partial charge < -0.3 is 19.9 Å². The Bertz CT molecular complexity index is 1000. The van der Waals surface area contributed by atoms with Crippen LogP contribution < -0.4 is 15.1 Å². The number of hydrogen-bond acceptors (Lipinski definition) is 4. The minimum absolute atomic E-state index is 0.142. The second kappa shape index (κ2) is 9.81. The molecule has 5 nitrogen and oxygen atoms in total. The largest absolute Gasteiger partial charge is 0.416 e. The molecular weight excluding hydrogens is 455 g/mol. The van der Waals surface area contributed by atoms with Gasteiger partial charge in [-0.2, -0.15) is 13.2 Å². The van der Waals surface area contributed by atoms with Crippen LogP contribution in [-0.2, 0) is 22.1 Å². The number of benzene rings is 2. The van der Waals surface area contributed by atoms with Crippen LogP contribution in [0.5, 0.6) is 0 Å². The summed E-state index contributed by atoms with van der Waals surface area (Å²) in [5.74, 6) is -0.609. The normalized spacial score (nSPS) is 20.3. The minimum atomic E-state index is -4.42. The number of nitrogens with one attached hydrogen (secondary N) is 1. The summed E-state index contributed by atoms with van der Waals surface area (Å²) in [6.45, 7) is 2.85. The van der Waals surface area contributed by atoms with Crippen molar-refractivity contribution in [2.24, 2.45) is 5.92 Å². The molecule has 2 aromatic rings. The van der Waals surface area contributed by atoms with Crippen molar-refractivity contribution >= 4 is 28.9 Å². The molecule has 1 amide bonds. The predicted molar refractivity (Wildman–Crippen MR) is 123 cm³/mol. The van der Waals surface area contributed by atoms with E-state index in [1.807, 2.05) is 24.3 Å². The fourth-order valence-electron chi connectivity index (χ4n) is 4.77. The van der Waals surface area contributed by atoms with Crippen molar-refractivity contribution in [2.45, 2.75) is 25.1 Å². The van der Waals surface area contributed by atoms with Gasteiger partial charge >= 0.3 is 6.18 Å². The summed E-state index contributed by atoms with van der Waals surface area (Å²) in [7, 11) is 1.60. The van der Waals surface area contributed by atoms with Gasteiger partial charge in [0.05, 0.1) is 17.5 Å². The number of anilines is 2. The lowest BCUT2D eigenvalue weighted by Gasteiger charge is -2.49. The van der Waals surface area contributed by atoms with Crippen molar-refractivity contribution < 1.29 is 22.7 Å². The first-order valence-electron chi connectivity index (χ1n) is 11.0. The van der Waals surface area contributed by atoms with Gasteiger partial charge in [0.2, 0.25) is 5.91 Å². The zero-order valence-electron chi connectivity index (χ0n) is 18.4. The van der Waals surface area contributed by atoms with E-state index in [2.05, 4.69) is 15.1 Å². The van der Waals surface area contributed by atoms with Crippen molar-refractivity contribution in [2.75, 3.05) is 49.7 Å². The molecule has 0 spiro atoms. The number of carbonyl (C=O) groups is 1. The van der Waals surface area contributed by atoms with Gasteiger partial charge in [-0.15, -0.1) is 0 Å². The maximum Gasteiger partial charge on any atom is 0.416 e. The van der Waals surface area contributed by atoms with E-state index in [-0.39, 0.29) is 18.4 Å². The molecule has 33 heavy (non-hydrogen) atoms. The molecule has 0 saturated carbocycles. The number of hydrogen-bond donors (Lipinski definition) is 1. The second-order valence-electron chi connectivity index (χ2n) is 8.48. The number of nitrogens with zero attached hydrogens (tertiary/aromatic N) is 2. The molecule has 1 N–H and O–H groups in total. The molecule has 0 aromatic heterocycles. The number of fused-ring (bicyclic) bond motifs is 3. The predicted octanol–water partition coefficient (Wildman–Crippen LogP) is 4.38. The van der Waals surface area contributed by atoms with Gasteiger partial charge in [0.15, 0.2) is 0 Å². The monoisotopic (exact) mass is 481 g/mol. The molecule has 9 heteroatoms. The van der Waals surface area contributed by atoms with Crippen molar-refractivity contribution in [3.63, 3.8) is 0 Å². The smallest absolute Gasteiger partial charge is 0.385 e. The van der Waals surface area contributed by atoms with Gasteiger partial charge in [0, 0.05) is 56.3 Å². The Morgan fingerprint density at radius 2 is 2.03 bits per heavy atom. The van der Waals surface area contributed by atoms with Crippen LogP contribution >= 0.6 is 11.6 Å². The van der Waals surface area contributed by atoms with Crippen molar-refractivity contribution in [3.05, 3.63) is 58.6 Å². The van der Waals surface area contributed by atoms with Crippen molar-refractivity contribution in [1.82, 2.24) is 5.32 Å². The van der Waals surface area contributed by atoms with E-state index in [4.69, 9.17) is 16.3 Å². The molecular formula is C24H27ClF3N3O2. The van der Waals surface area contributed by atoms with E-state index in [1.165, 1.54) is 6.07 Å². The van der Waals surface area contributed by atoms with Crippen molar-refractivity contribution in [3.8, 4) is 0 Å². The average Bonchev–Trinajstić information content (AvgIpc) is 2.80. The maximum atomic E-state index is 13.3. The Morgan fingerprint density at radius 3 is 2.76 bits per heavy atom. The van der Waals surface area contributed by atoms with Gasteiger partial charge in [0.1, 0.15) is 0 Å². The summed E-state index contributed by atoms with van der Waals surface area (Å²) in [5.41, 5.74) is 1.63. The van der Waals surface area contributed by atoms with E-state index in [0.717, 1.165) is 17.4 Å². The van der Waals surface area contributed by atoms with Crippen LogP contribution in [-0.4, -0.2) is 51.8 Å². The first-order chi connectivity index (χ1) is 15.8. The minimum Gasteiger partial charge on any atom is -0.385 e. The van der Waals surface area contributed by atoms with Gasteiger partial charge in [-0.05, 0) is 54.8 Å². The highest BCUT2D eigenvalue weighted by Gasteiger charge is 2.42. The van der Waals surface area contributed by atoms with E-state index in [9.17, 15) is 18.0 Å². The van der Waals surface area contributed by atoms with Gasteiger partial charge in [-0.1, -0.05) is 17.7 Å². The zero-order valence-corrected chi connectivity index (χ0v) is 19.1. The van der Waals surface area contributed by atoms with Crippen LogP contribution in [0.15, 0.2) is 42.5 Å². The van der Waals surface area contributed by atoms with Gasteiger partial charge in [0.25, 0.3) is 0 Å². The summed E-state index contributed by atoms with van der Waals surface area (Å²) in [6.07, 6.45) is -3.48. The number of alkyl halides is 3. The highest BCUT2D eigenvalue weighted by atomic mass is 35.5. The topological polar surface area (TPSA) is 44.8 Å². The Hall–Kier alpha value is -2.45. The molecule has 0 bridgehead atoms. The number of carbonyl (C=O) groups excluding carboxylic acids is 1. The average molecular weight is 482 g/mol. The van der Waals surface area contributed by atoms with Crippen LogP contribution in [0.2, 0.25) is 5.02 Å². The number of methoxy groups -OCH3 is 1. The Kier molecular flexibility index (Phi) is 7.05. The molecule has 2 heterocycles. The standard InChI is InChI=1S/C24H27ClF3N3O2/c1-33-11-3-8-29-23(32)20-13-16-12-17(24(26,27)28)6-7-21(16)31-10-9-30(15-22(20)31)19-5-2-4-18(25)14-19/h2,4-7,12,14,20,22H,3,8-11,13,15H2,1H3,(H,29,32)/t20-,22+/m0/s1. The van der Waals surface area contributed by atoms with Gasteiger partial charge in [-0.25, -0.2) is 0 Å². The maximum absolute atomic E-state index is 13.3. The third-order valence-electron chi connectivity index (χ3n) is 6.37. The molecule has 1 saturated heterocycles. The summed E-state index contributed by atoms with van der Waals surface area (Å²) in [4.78, 5) is 17.4. The fourth-order valence-corrected chi connectivity index (χ4v) is 4.95. The van der Waals surface area contributed by atoms with Gasteiger partial charge in [-0.3, -0.25) is 4.79 Å². The second-order valence-corrected chi connectivity index (χ2v) is 8.91. The fraction of sp³-hybridized carbons (Fsp3) is 0.458. The quantitative estimate of drug-likeness (QED) is 0.622. The summed E-state index contributed by atoms with van der Waals surface area (Å²) >= 11 is 6.18. The lowest BCUT2D eigenvalue weighted by Crippen LogP contribution is -2.61. The molecule has 1 fully saturated rings. The van der Waals surface area contributed by atoms with E-state index in [0.29, 0.717) is 49.8 Å². The molecule has 2 atom stereocenters. The van der Waals surface area contributed by atoms with E-state index >= 15 is 0 Å². The van der Waals surface area contributed by atoms with Crippen LogP contribution in [0.25, 0.3) is 0 Å². The molecule has 0 unspecified atom stereocenters. The van der Waals surface area contributed by atoms with Crippen LogP contribution in [0, 0.1) is 5.92 Å². The SMILES string of the molecule is COCCCNC(=O)[C@H]1Cc2cc(C(F)(F)F)ccc2N2CCN(c3cccc(Cl)c3)C[C@H]12. The van der Waals surface area contributed by atoms with Crippen LogP contribution in [0.1, 0.15) is 17.5 Å². The molecule has 0 radical (unpaired) electrons. The third-order valence-corrected chi connectivity index (χ3v) is 6.61. The summed E-state index contributed by atoms with van der Waals surface area (Å²) in [5, 5.41) is 3.59. The third kappa shape index (κ3) is 5.22. The summed E-state index contributed by atoms with van der Waals surface area (Å²) < 4.78 is 45.0. The lowest BCUT2D eigenvalue weighted by atomic mass is 9.82. The molecule has 2 aromatic carbocycles. The van der Waals surface area contributed by atoms with E-state index in [1.54, 1.807) is 13.2 Å². The van der Waals surface area contributed by atoms with Crippen LogP contribution in [0.3, 0.4) is 0 Å². The molecule has 2 aliphatic rings. The number of halogens is 4. The molecule has 0 aliphatic carbocycles. The Balaban J connectivity index is 1.62. The number of rotatable bonds is 6. The number of amides is 1.